The van der Waals surface area contributed by atoms with Crippen LogP contribution in [0.3, 0.4) is 0 Å². The SMILES string of the molecule is CC1CCC(N(C(=O)CCNC(=O)C(C)(C)C)C2CC2)CC1. The van der Waals surface area contributed by atoms with E-state index in [-0.39, 0.29) is 11.8 Å². The van der Waals surface area contributed by atoms with Crippen LogP contribution in [0.1, 0.15) is 72.6 Å². The molecule has 0 bridgehead atoms. The van der Waals surface area contributed by atoms with Gasteiger partial charge in [0.2, 0.25) is 11.8 Å². The maximum absolute atomic E-state index is 12.6. The Kier molecular flexibility index (Phi) is 5.51. The third-order valence-electron chi connectivity index (χ3n) is 4.91. The highest BCUT2D eigenvalue weighted by Gasteiger charge is 2.38. The lowest BCUT2D eigenvalue weighted by atomic mass is 9.86. The van der Waals surface area contributed by atoms with Crippen molar-refractivity contribution in [3.8, 4) is 0 Å². The van der Waals surface area contributed by atoms with Gasteiger partial charge in [-0.05, 0) is 44.4 Å². The van der Waals surface area contributed by atoms with Crippen LogP contribution in [-0.2, 0) is 9.59 Å². The zero-order valence-electron chi connectivity index (χ0n) is 14.7. The van der Waals surface area contributed by atoms with E-state index in [0.29, 0.717) is 25.0 Å². The standard InChI is InChI=1S/C18H32N2O2/c1-13-5-7-14(8-6-13)20(15-9-10-15)16(21)11-12-19-17(22)18(2,3)4/h13-15H,5-12H2,1-4H3,(H,19,22). The van der Waals surface area contributed by atoms with Crippen LogP contribution in [0.25, 0.3) is 0 Å². The molecule has 0 aliphatic heterocycles. The predicted molar refractivity (Wildman–Crippen MR) is 88.4 cm³/mol. The van der Waals surface area contributed by atoms with E-state index in [9.17, 15) is 9.59 Å². The Morgan fingerprint density at radius 3 is 1.95 bits per heavy atom. The fourth-order valence-corrected chi connectivity index (χ4v) is 3.26. The van der Waals surface area contributed by atoms with Crippen LogP contribution in [0, 0.1) is 11.3 Å². The third-order valence-corrected chi connectivity index (χ3v) is 4.91. The fourth-order valence-electron chi connectivity index (χ4n) is 3.26. The Morgan fingerprint density at radius 1 is 1.00 bits per heavy atom. The van der Waals surface area contributed by atoms with E-state index in [1.807, 2.05) is 20.8 Å². The van der Waals surface area contributed by atoms with E-state index in [2.05, 4.69) is 17.1 Å². The van der Waals surface area contributed by atoms with Gasteiger partial charge in [-0.1, -0.05) is 27.7 Å². The van der Waals surface area contributed by atoms with Gasteiger partial charge in [0.05, 0.1) is 0 Å². The first-order chi connectivity index (χ1) is 10.3. The minimum Gasteiger partial charge on any atom is -0.355 e. The van der Waals surface area contributed by atoms with Gasteiger partial charge in [-0.3, -0.25) is 9.59 Å². The summed E-state index contributed by atoms with van der Waals surface area (Å²) in [6, 6.07) is 0.916. The first-order valence-electron chi connectivity index (χ1n) is 8.88. The predicted octanol–water partition coefficient (Wildman–Crippen LogP) is 3.11. The molecular weight excluding hydrogens is 276 g/mol. The number of carbonyl (C=O) groups is 2. The number of rotatable bonds is 5. The molecule has 1 N–H and O–H groups in total. The van der Waals surface area contributed by atoms with Crippen molar-refractivity contribution in [2.24, 2.45) is 11.3 Å². The van der Waals surface area contributed by atoms with E-state index in [1.165, 1.54) is 12.8 Å². The molecule has 0 aromatic carbocycles. The number of nitrogens with zero attached hydrogens (tertiary/aromatic N) is 1. The Balaban J connectivity index is 1.82. The van der Waals surface area contributed by atoms with Crippen molar-refractivity contribution in [2.45, 2.75) is 84.7 Å². The van der Waals surface area contributed by atoms with Crippen molar-refractivity contribution < 1.29 is 9.59 Å². The maximum Gasteiger partial charge on any atom is 0.225 e. The van der Waals surface area contributed by atoms with E-state index in [4.69, 9.17) is 0 Å². The zero-order valence-corrected chi connectivity index (χ0v) is 14.7. The second kappa shape index (κ2) is 7.01. The van der Waals surface area contributed by atoms with Crippen molar-refractivity contribution in [3.05, 3.63) is 0 Å². The van der Waals surface area contributed by atoms with E-state index in [1.54, 1.807) is 0 Å². The quantitative estimate of drug-likeness (QED) is 0.848. The molecule has 2 amide bonds. The van der Waals surface area contributed by atoms with Crippen molar-refractivity contribution >= 4 is 11.8 Å². The fraction of sp³-hybridized carbons (Fsp3) is 0.889. The highest BCUT2D eigenvalue weighted by atomic mass is 16.2. The van der Waals surface area contributed by atoms with Crippen LogP contribution < -0.4 is 5.32 Å². The smallest absolute Gasteiger partial charge is 0.225 e. The Labute approximate surface area is 135 Å². The van der Waals surface area contributed by atoms with Crippen LogP contribution in [0.5, 0.6) is 0 Å². The summed E-state index contributed by atoms with van der Waals surface area (Å²) in [5.41, 5.74) is -0.390. The zero-order chi connectivity index (χ0) is 16.3. The van der Waals surface area contributed by atoms with Crippen LogP contribution in [0.15, 0.2) is 0 Å². The Hall–Kier alpha value is -1.06. The molecule has 126 valence electrons. The molecule has 0 atom stereocenters. The number of hydrogen-bond donors (Lipinski definition) is 1. The van der Waals surface area contributed by atoms with Gasteiger partial charge >= 0.3 is 0 Å². The van der Waals surface area contributed by atoms with E-state index < -0.39 is 5.41 Å². The average Bonchev–Trinajstić information content (AvgIpc) is 3.24. The molecule has 4 heteroatoms. The molecule has 2 rings (SSSR count). The largest absolute Gasteiger partial charge is 0.355 e. The van der Waals surface area contributed by atoms with Gasteiger partial charge < -0.3 is 10.2 Å². The van der Waals surface area contributed by atoms with Gasteiger partial charge in [-0.25, -0.2) is 0 Å². The summed E-state index contributed by atoms with van der Waals surface area (Å²) >= 11 is 0. The number of hydrogen-bond acceptors (Lipinski definition) is 2. The average molecular weight is 308 g/mol. The normalized spacial score (nSPS) is 25.6. The van der Waals surface area contributed by atoms with Crippen LogP contribution in [0.2, 0.25) is 0 Å². The number of carbonyl (C=O) groups excluding carboxylic acids is 2. The van der Waals surface area contributed by atoms with Crippen molar-refractivity contribution in [2.75, 3.05) is 6.54 Å². The Bertz CT molecular complexity index is 402. The molecule has 0 aromatic rings. The first kappa shape index (κ1) is 17.3. The molecule has 4 nitrogen and oxygen atoms in total. The molecule has 0 radical (unpaired) electrons. The van der Waals surface area contributed by atoms with Crippen LogP contribution in [-0.4, -0.2) is 35.3 Å². The second-order valence-electron chi connectivity index (χ2n) is 8.20. The highest BCUT2D eigenvalue weighted by molar-refractivity contribution is 5.82. The molecule has 0 heterocycles. The molecule has 2 aliphatic rings. The van der Waals surface area contributed by atoms with E-state index >= 15 is 0 Å². The summed E-state index contributed by atoms with van der Waals surface area (Å²) < 4.78 is 0. The lowest BCUT2D eigenvalue weighted by Crippen LogP contribution is -2.45. The van der Waals surface area contributed by atoms with Crippen LogP contribution >= 0.6 is 0 Å². The van der Waals surface area contributed by atoms with Crippen LogP contribution in [0.4, 0.5) is 0 Å². The highest BCUT2D eigenvalue weighted by Crippen LogP contribution is 2.35. The lowest BCUT2D eigenvalue weighted by molar-refractivity contribution is -0.135. The summed E-state index contributed by atoms with van der Waals surface area (Å²) in [6.45, 7) is 8.44. The van der Waals surface area contributed by atoms with Gasteiger partial charge in [0.15, 0.2) is 0 Å². The number of amides is 2. The van der Waals surface area contributed by atoms with E-state index in [0.717, 1.165) is 31.6 Å². The molecule has 2 saturated carbocycles. The molecule has 0 saturated heterocycles. The minimum absolute atomic E-state index is 0.0183. The van der Waals surface area contributed by atoms with Crippen molar-refractivity contribution in [3.63, 3.8) is 0 Å². The second-order valence-corrected chi connectivity index (χ2v) is 8.20. The van der Waals surface area contributed by atoms with Gasteiger partial charge in [0, 0.05) is 30.5 Å². The lowest BCUT2D eigenvalue weighted by Gasteiger charge is -2.36. The monoisotopic (exact) mass is 308 g/mol. The minimum atomic E-state index is -0.390. The summed E-state index contributed by atoms with van der Waals surface area (Å²) in [4.78, 5) is 26.6. The topological polar surface area (TPSA) is 49.4 Å². The molecule has 0 spiro atoms. The Morgan fingerprint density at radius 2 is 1.50 bits per heavy atom. The van der Waals surface area contributed by atoms with Gasteiger partial charge in [-0.15, -0.1) is 0 Å². The van der Waals surface area contributed by atoms with Gasteiger partial charge in [0.25, 0.3) is 0 Å². The molecule has 22 heavy (non-hydrogen) atoms. The first-order valence-corrected chi connectivity index (χ1v) is 8.88. The summed E-state index contributed by atoms with van der Waals surface area (Å²) in [7, 11) is 0. The summed E-state index contributed by atoms with van der Waals surface area (Å²) in [6.07, 6.45) is 7.53. The van der Waals surface area contributed by atoms with Gasteiger partial charge in [-0.2, -0.15) is 0 Å². The summed E-state index contributed by atoms with van der Waals surface area (Å²) in [5, 5.41) is 2.89. The molecular formula is C18H32N2O2. The third kappa shape index (κ3) is 4.72. The maximum atomic E-state index is 12.6. The molecule has 2 aliphatic carbocycles. The number of nitrogens with one attached hydrogen (secondary N) is 1. The summed E-state index contributed by atoms with van der Waals surface area (Å²) in [5.74, 6) is 1.06. The van der Waals surface area contributed by atoms with Crippen molar-refractivity contribution in [1.29, 1.82) is 0 Å². The molecule has 0 aromatic heterocycles. The molecule has 2 fully saturated rings. The molecule has 0 unspecified atom stereocenters. The van der Waals surface area contributed by atoms with Crippen molar-refractivity contribution in [1.82, 2.24) is 10.2 Å². The van der Waals surface area contributed by atoms with Gasteiger partial charge in [0.1, 0.15) is 0 Å².